The van der Waals surface area contributed by atoms with E-state index in [1.54, 1.807) is 18.3 Å². The van der Waals surface area contributed by atoms with Crippen LogP contribution in [0.4, 0.5) is 0 Å². The van der Waals surface area contributed by atoms with Crippen LogP contribution in [-0.4, -0.2) is 24.5 Å². The molecule has 0 radical (unpaired) electrons. The first kappa shape index (κ1) is 10.5. The molecule has 0 fully saturated rings. The standard InChI is InChI=1S/C9H9Cl2NO/c10-8-2-1-7(5-9(8)11)6-12-3-4-13/h1-2,5-6,13H,3-4H2. The van der Waals surface area contributed by atoms with Gasteiger partial charge in [-0.3, -0.25) is 4.99 Å². The van der Waals surface area contributed by atoms with Gasteiger partial charge in [-0.25, -0.2) is 0 Å². The average molecular weight is 218 g/mol. The molecule has 1 aromatic carbocycles. The summed E-state index contributed by atoms with van der Waals surface area (Å²) < 4.78 is 0. The van der Waals surface area contributed by atoms with Crippen molar-refractivity contribution >= 4 is 29.4 Å². The molecule has 70 valence electrons. The fourth-order valence-electron chi connectivity index (χ4n) is 0.820. The minimum absolute atomic E-state index is 0.0534. The first-order valence-electron chi connectivity index (χ1n) is 3.80. The predicted molar refractivity (Wildman–Crippen MR) is 56.0 cm³/mol. The number of rotatable bonds is 3. The Morgan fingerprint density at radius 1 is 1.31 bits per heavy atom. The van der Waals surface area contributed by atoms with E-state index in [1.165, 1.54) is 0 Å². The Morgan fingerprint density at radius 2 is 2.08 bits per heavy atom. The fraction of sp³-hybridized carbons (Fsp3) is 0.222. The van der Waals surface area contributed by atoms with E-state index in [0.29, 0.717) is 16.6 Å². The topological polar surface area (TPSA) is 32.6 Å². The van der Waals surface area contributed by atoms with Crippen molar-refractivity contribution in [1.29, 1.82) is 0 Å². The third kappa shape index (κ3) is 3.35. The van der Waals surface area contributed by atoms with Gasteiger partial charge in [0.05, 0.1) is 23.2 Å². The van der Waals surface area contributed by atoms with Crippen LogP contribution in [0.15, 0.2) is 23.2 Å². The van der Waals surface area contributed by atoms with E-state index in [2.05, 4.69) is 4.99 Å². The van der Waals surface area contributed by atoms with Crippen molar-refractivity contribution in [2.45, 2.75) is 0 Å². The molecular weight excluding hydrogens is 209 g/mol. The lowest BCUT2D eigenvalue weighted by Gasteiger charge is -1.96. The number of hydrogen-bond donors (Lipinski definition) is 1. The normalized spacial score (nSPS) is 11.0. The molecule has 0 aliphatic carbocycles. The summed E-state index contributed by atoms with van der Waals surface area (Å²) in [5.74, 6) is 0. The molecule has 0 unspecified atom stereocenters. The van der Waals surface area contributed by atoms with Crippen LogP contribution in [-0.2, 0) is 0 Å². The molecular formula is C9H9Cl2NO. The number of aliphatic hydroxyl groups is 1. The van der Waals surface area contributed by atoms with Crippen molar-refractivity contribution in [3.8, 4) is 0 Å². The average Bonchev–Trinajstić information content (AvgIpc) is 2.12. The third-order valence-electron chi connectivity index (χ3n) is 1.41. The molecule has 0 spiro atoms. The number of aliphatic imine (C=N–C) groups is 1. The van der Waals surface area contributed by atoms with E-state index in [9.17, 15) is 0 Å². The van der Waals surface area contributed by atoms with Gasteiger partial charge in [-0.05, 0) is 17.7 Å². The van der Waals surface area contributed by atoms with Crippen molar-refractivity contribution in [2.24, 2.45) is 4.99 Å². The Hall–Kier alpha value is -0.570. The largest absolute Gasteiger partial charge is 0.394 e. The van der Waals surface area contributed by atoms with Crippen LogP contribution in [0, 0.1) is 0 Å². The Bertz CT molecular complexity index is 312. The second kappa shape index (κ2) is 5.22. The molecule has 0 aliphatic rings. The highest BCUT2D eigenvalue weighted by Crippen LogP contribution is 2.21. The van der Waals surface area contributed by atoms with Crippen molar-refractivity contribution in [3.63, 3.8) is 0 Å². The summed E-state index contributed by atoms with van der Waals surface area (Å²) in [5, 5.41) is 9.52. The molecule has 0 atom stereocenters. The van der Waals surface area contributed by atoms with Crippen LogP contribution in [0.3, 0.4) is 0 Å². The Kier molecular flexibility index (Phi) is 4.22. The fourth-order valence-corrected chi connectivity index (χ4v) is 1.13. The monoisotopic (exact) mass is 217 g/mol. The first-order valence-corrected chi connectivity index (χ1v) is 4.55. The summed E-state index contributed by atoms with van der Waals surface area (Å²) in [7, 11) is 0. The van der Waals surface area contributed by atoms with E-state index in [0.717, 1.165) is 5.56 Å². The van der Waals surface area contributed by atoms with Gasteiger partial charge in [-0.1, -0.05) is 29.3 Å². The van der Waals surface area contributed by atoms with Gasteiger partial charge in [0, 0.05) is 6.21 Å². The Balaban J connectivity index is 2.73. The van der Waals surface area contributed by atoms with E-state index in [1.807, 2.05) is 6.07 Å². The number of aliphatic hydroxyl groups excluding tert-OH is 1. The highest BCUT2D eigenvalue weighted by molar-refractivity contribution is 6.42. The van der Waals surface area contributed by atoms with Gasteiger partial charge in [0.25, 0.3) is 0 Å². The van der Waals surface area contributed by atoms with Crippen LogP contribution in [0.5, 0.6) is 0 Å². The summed E-state index contributed by atoms with van der Waals surface area (Å²) in [6.07, 6.45) is 1.65. The van der Waals surface area contributed by atoms with Gasteiger partial charge in [0.2, 0.25) is 0 Å². The maximum Gasteiger partial charge on any atom is 0.0626 e. The molecule has 1 N–H and O–H groups in total. The third-order valence-corrected chi connectivity index (χ3v) is 2.15. The number of nitrogens with zero attached hydrogens (tertiary/aromatic N) is 1. The van der Waals surface area contributed by atoms with Crippen LogP contribution < -0.4 is 0 Å². The summed E-state index contributed by atoms with van der Waals surface area (Å²) in [6, 6.07) is 5.25. The molecule has 4 heteroatoms. The smallest absolute Gasteiger partial charge is 0.0626 e. The molecule has 2 nitrogen and oxygen atoms in total. The summed E-state index contributed by atoms with van der Waals surface area (Å²) in [6.45, 7) is 0.456. The quantitative estimate of drug-likeness (QED) is 0.776. The van der Waals surface area contributed by atoms with Gasteiger partial charge >= 0.3 is 0 Å². The van der Waals surface area contributed by atoms with E-state index in [4.69, 9.17) is 28.3 Å². The number of hydrogen-bond acceptors (Lipinski definition) is 2. The maximum atomic E-state index is 8.48. The molecule has 0 aromatic heterocycles. The molecule has 1 rings (SSSR count). The zero-order valence-electron chi connectivity index (χ0n) is 6.87. The summed E-state index contributed by atoms with van der Waals surface area (Å²) >= 11 is 11.5. The van der Waals surface area contributed by atoms with Crippen molar-refractivity contribution in [3.05, 3.63) is 33.8 Å². The van der Waals surface area contributed by atoms with Gasteiger partial charge in [0.1, 0.15) is 0 Å². The molecule has 13 heavy (non-hydrogen) atoms. The van der Waals surface area contributed by atoms with Crippen molar-refractivity contribution in [2.75, 3.05) is 13.2 Å². The molecule has 0 heterocycles. The second-order valence-electron chi connectivity index (χ2n) is 2.43. The van der Waals surface area contributed by atoms with Gasteiger partial charge in [0.15, 0.2) is 0 Å². The van der Waals surface area contributed by atoms with Gasteiger partial charge < -0.3 is 5.11 Å². The molecule has 0 bridgehead atoms. The minimum Gasteiger partial charge on any atom is -0.394 e. The first-order chi connectivity index (χ1) is 6.24. The van der Waals surface area contributed by atoms with Crippen molar-refractivity contribution in [1.82, 2.24) is 0 Å². The molecule has 0 saturated heterocycles. The van der Waals surface area contributed by atoms with Crippen LogP contribution in [0.25, 0.3) is 0 Å². The maximum absolute atomic E-state index is 8.48. The second-order valence-corrected chi connectivity index (χ2v) is 3.25. The van der Waals surface area contributed by atoms with Crippen LogP contribution >= 0.6 is 23.2 Å². The zero-order valence-corrected chi connectivity index (χ0v) is 8.39. The zero-order chi connectivity index (χ0) is 9.68. The van der Waals surface area contributed by atoms with E-state index >= 15 is 0 Å². The highest BCUT2D eigenvalue weighted by Gasteiger charge is 1.96. The molecule has 0 aliphatic heterocycles. The number of halogens is 2. The predicted octanol–water partition coefficient (Wildman–Crippen LogP) is 2.40. The minimum atomic E-state index is 0.0534. The molecule has 0 saturated carbocycles. The lowest BCUT2D eigenvalue weighted by Crippen LogP contribution is -1.89. The molecule has 1 aromatic rings. The number of benzene rings is 1. The Labute approximate surface area is 86.8 Å². The highest BCUT2D eigenvalue weighted by atomic mass is 35.5. The SMILES string of the molecule is OCCN=Cc1ccc(Cl)c(Cl)c1. The van der Waals surface area contributed by atoms with Gasteiger partial charge in [-0.2, -0.15) is 0 Å². The van der Waals surface area contributed by atoms with Crippen molar-refractivity contribution < 1.29 is 5.11 Å². The molecule has 0 amide bonds. The van der Waals surface area contributed by atoms with Crippen LogP contribution in [0.1, 0.15) is 5.56 Å². The Morgan fingerprint density at radius 3 is 2.69 bits per heavy atom. The lowest BCUT2D eigenvalue weighted by molar-refractivity contribution is 0.307. The summed E-state index contributed by atoms with van der Waals surface area (Å²) in [4.78, 5) is 3.95. The van der Waals surface area contributed by atoms with E-state index in [-0.39, 0.29) is 6.61 Å². The van der Waals surface area contributed by atoms with Crippen LogP contribution in [0.2, 0.25) is 10.0 Å². The van der Waals surface area contributed by atoms with E-state index < -0.39 is 0 Å². The lowest BCUT2D eigenvalue weighted by atomic mass is 10.2. The summed E-state index contributed by atoms with van der Waals surface area (Å²) in [5.41, 5.74) is 0.878. The van der Waals surface area contributed by atoms with Gasteiger partial charge in [-0.15, -0.1) is 0 Å².